The van der Waals surface area contributed by atoms with Gasteiger partial charge in [-0.15, -0.1) is 0 Å². The molecule has 0 heterocycles. The van der Waals surface area contributed by atoms with Crippen LogP contribution in [0.15, 0.2) is 66.7 Å². The molecule has 3 aromatic carbocycles. The second-order valence-electron chi connectivity index (χ2n) is 6.85. The third kappa shape index (κ3) is 5.77. The highest BCUT2D eigenvalue weighted by Gasteiger charge is 2.17. The smallest absolute Gasteiger partial charge is 0.261 e. The van der Waals surface area contributed by atoms with Crippen LogP contribution in [0.3, 0.4) is 0 Å². The molecule has 3 nitrogen and oxygen atoms in total. The van der Waals surface area contributed by atoms with Crippen molar-refractivity contribution in [2.24, 2.45) is 0 Å². The van der Waals surface area contributed by atoms with Crippen molar-refractivity contribution in [3.63, 3.8) is 0 Å². The summed E-state index contributed by atoms with van der Waals surface area (Å²) in [7, 11) is 0. The summed E-state index contributed by atoms with van der Waals surface area (Å²) < 4.78 is 5.95. The molecule has 0 spiro atoms. The first-order chi connectivity index (χ1) is 13.7. The summed E-state index contributed by atoms with van der Waals surface area (Å²) in [5.74, 6) is 2.52. The Hall–Kier alpha value is -2.46. The zero-order valence-corrected chi connectivity index (χ0v) is 17.3. The molecule has 0 aliphatic heterocycles. The molecule has 0 saturated carbocycles. The van der Waals surface area contributed by atoms with Crippen molar-refractivity contribution in [3.8, 4) is 5.75 Å². The normalized spacial score (nSPS) is 11.9. The average molecular weight is 394 g/mol. The van der Waals surface area contributed by atoms with E-state index in [-0.39, 0.29) is 5.91 Å². The van der Waals surface area contributed by atoms with E-state index in [9.17, 15) is 4.79 Å². The van der Waals surface area contributed by atoms with Crippen LogP contribution in [-0.2, 0) is 10.5 Å². The lowest BCUT2D eigenvalue weighted by Crippen LogP contribution is -2.39. The molecule has 0 aliphatic rings. The van der Waals surface area contributed by atoms with Gasteiger partial charge in [-0.3, -0.25) is 4.79 Å². The fourth-order valence-electron chi connectivity index (χ4n) is 2.96. The number of amides is 1. The Balaban J connectivity index is 1.44. The molecule has 3 aromatic rings. The second-order valence-corrected chi connectivity index (χ2v) is 7.96. The molecule has 146 valence electrons. The van der Waals surface area contributed by atoms with Crippen LogP contribution in [0.4, 0.5) is 0 Å². The molecule has 0 aromatic heterocycles. The Morgan fingerprint density at radius 2 is 1.79 bits per heavy atom. The monoisotopic (exact) mass is 393 g/mol. The number of thioether (sulfide) groups is 1. The van der Waals surface area contributed by atoms with E-state index >= 15 is 0 Å². The van der Waals surface area contributed by atoms with E-state index in [0.29, 0.717) is 13.0 Å². The van der Waals surface area contributed by atoms with Crippen LogP contribution in [0.1, 0.15) is 24.5 Å². The molecule has 0 fully saturated rings. The van der Waals surface area contributed by atoms with E-state index < -0.39 is 6.10 Å². The van der Waals surface area contributed by atoms with Gasteiger partial charge >= 0.3 is 0 Å². The van der Waals surface area contributed by atoms with Crippen LogP contribution in [0.5, 0.6) is 5.75 Å². The summed E-state index contributed by atoms with van der Waals surface area (Å²) in [6.45, 7) is 4.71. The van der Waals surface area contributed by atoms with Crippen LogP contribution in [0.25, 0.3) is 10.8 Å². The highest BCUT2D eigenvalue weighted by molar-refractivity contribution is 7.98. The van der Waals surface area contributed by atoms with E-state index in [4.69, 9.17) is 4.74 Å². The molecule has 0 bridgehead atoms. The number of ether oxygens (including phenoxy) is 1. The molecule has 1 N–H and O–H groups in total. The zero-order chi connectivity index (χ0) is 19.8. The summed E-state index contributed by atoms with van der Waals surface area (Å²) in [6.07, 6.45) is 0.165. The maximum Gasteiger partial charge on any atom is 0.261 e. The van der Waals surface area contributed by atoms with Gasteiger partial charge in [-0.1, -0.05) is 67.1 Å². The zero-order valence-electron chi connectivity index (χ0n) is 16.5. The molecule has 28 heavy (non-hydrogen) atoms. The third-order valence-electron chi connectivity index (χ3n) is 4.60. The SMILES string of the molecule is CCC(Oc1ccc2ccccc2c1)C(=O)NCCSCc1ccc(C)cc1. The fourth-order valence-corrected chi connectivity index (χ4v) is 3.78. The first-order valence-corrected chi connectivity index (χ1v) is 10.9. The number of aryl methyl sites for hydroxylation is 1. The maximum absolute atomic E-state index is 12.5. The van der Waals surface area contributed by atoms with E-state index in [1.54, 1.807) is 0 Å². The molecular formula is C24H27NO2S. The minimum absolute atomic E-state index is 0.0494. The quantitative estimate of drug-likeness (QED) is 0.498. The Kier molecular flexibility index (Phi) is 7.38. The number of carbonyl (C=O) groups is 1. The van der Waals surface area contributed by atoms with E-state index in [1.165, 1.54) is 11.1 Å². The lowest BCUT2D eigenvalue weighted by Gasteiger charge is -2.17. The van der Waals surface area contributed by atoms with Crippen molar-refractivity contribution in [2.75, 3.05) is 12.3 Å². The number of hydrogen-bond acceptors (Lipinski definition) is 3. The molecule has 0 saturated heterocycles. The highest BCUT2D eigenvalue weighted by Crippen LogP contribution is 2.22. The van der Waals surface area contributed by atoms with Gasteiger partial charge in [0.25, 0.3) is 5.91 Å². The van der Waals surface area contributed by atoms with Crippen LogP contribution in [0.2, 0.25) is 0 Å². The predicted molar refractivity (Wildman–Crippen MR) is 119 cm³/mol. The Morgan fingerprint density at radius 3 is 2.54 bits per heavy atom. The predicted octanol–water partition coefficient (Wildman–Crippen LogP) is 5.36. The van der Waals surface area contributed by atoms with Crippen molar-refractivity contribution < 1.29 is 9.53 Å². The topological polar surface area (TPSA) is 38.3 Å². The van der Waals surface area contributed by atoms with Gasteiger partial charge in [-0.2, -0.15) is 11.8 Å². The summed E-state index contributed by atoms with van der Waals surface area (Å²) in [5, 5.41) is 5.28. The van der Waals surface area contributed by atoms with Gasteiger partial charge in [0.2, 0.25) is 0 Å². The van der Waals surface area contributed by atoms with Crippen molar-refractivity contribution in [1.82, 2.24) is 5.32 Å². The summed E-state index contributed by atoms with van der Waals surface area (Å²) in [6, 6.07) is 22.7. The first-order valence-electron chi connectivity index (χ1n) is 9.72. The molecule has 1 amide bonds. The number of rotatable bonds is 9. The minimum Gasteiger partial charge on any atom is -0.481 e. The highest BCUT2D eigenvalue weighted by atomic mass is 32.2. The summed E-state index contributed by atoms with van der Waals surface area (Å²) in [4.78, 5) is 12.5. The number of nitrogens with one attached hydrogen (secondary N) is 1. The van der Waals surface area contributed by atoms with Crippen molar-refractivity contribution >= 4 is 28.4 Å². The fraction of sp³-hybridized carbons (Fsp3) is 0.292. The Bertz CT molecular complexity index is 908. The van der Waals surface area contributed by atoms with Crippen LogP contribution in [0, 0.1) is 6.92 Å². The van der Waals surface area contributed by atoms with E-state index in [1.807, 2.05) is 49.0 Å². The molecule has 3 rings (SSSR count). The van der Waals surface area contributed by atoms with Crippen LogP contribution in [-0.4, -0.2) is 24.3 Å². The maximum atomic E-state index is 12.5. The number of fused-ring (bicyclic) bond motifs is 1. The number of carbonyl (C=O) groups excluding carboxylic acids is 1. The lowest BCUT2D eigenvalue weighted by molar-refractivity contribution is -0.127. The summed E-state index contributed by atoms with van der Waals surface area (Å²) >= 11 is 1.82. The third-order valence-corrected chi connectivity index (χ3v) is 5.63. The molecule has 0 aliphatic carbocycles. The number of hydrogen-bond donors (Lipinski definition) is 1. The van der Waals surface area contributed by atoms with E-state index in [0.717, 1.165) is 28.0 Å². The van der Waals surface area contributed by atoms with Gasteiger partial charge in [0.05, 0.1) is 0 Å². The van der Waals surface area contributed by atoms with Crippen molar-refractivity contribution in [3.05, 3.63) is 77.9 Å². The molecule has 0 radical (unpaired) electrons. The van der Waals surface area contributed by atoms with Crippen molar-refractivity contribution in [2.45, 2.75) is 32.1 Å². The largest absolute Gasteiger partial charge is 0.481 e. The van der Waals surface area contributed by atoms with Gasteiger partial charge in [-0.25, -0.2) is 0 Å². The van der Waals surface area contributed by atoms with E-state index in [2.05, 4.69) is 48.6 Å². The van der Waals surface area contributed by atoms with Crippen LogP contribution >= 0.6 is 11.8 Å². The second kappa shape index (κ2) is 10.2. The van der Waals surface area contributed by atoms with Crippen molar-refractivity contribution in [1.29, 1.82) is 0 Å². The molecular weight excluding hydrogens is 366 g/mol. The summed E-state index contributed by atoms with van der Waals surface area (Å²) in [5.41, 5.74) is 2.59. The minimum atomic E-state index is -0.469. The van der Waals surface area contributed by atoms with Gasteiger partial charge in [0.15, 0.2) is 6.10 Å². The standard InChI is InChI=1S/C24H27NO2S/c1-3-23(27-22-13-12-20-6-4-5-7-21(20)16-22)24(26)25-14-15-28-17-19-10-8-18(2)9-11-19/h4-13,16,23H,3,14-15,17H2,1-2H3,(H,25,26). The Labute approximate surface area is 171 Å². The van der Waals surface area contributed by atoms with Gasteiger partial charge in [-0.05, 0) is 41.8 Å². The average Bonchev–Trinajstić information content (AvgIpc) is 2.72. The van der Waals surface area contributed by atoms with Gasteiger partial charge in [0, 0.05) is 18.1 Å². The molecule has 4 heteroatoms. The van der Waals surface area contributed by atoms with Gasteiger partial charge in [0.1, 0.15) is 5.75 Å². The van der Waals surface area contributed by atoms with Crippen LogP contribution < -0.4 is 10.1 Å². The lowest BCUT2D eigenvalue weighted by atomic mass is 10.1. The molecule has 1 unspecified atom stereocenters. The van der Waals surface area contributed by atoms with Gasteiger partial charge < -0.3 is 10.1 Å². The molecule has 1 atom stereocenters. The number of benzene rings is 3. The Morgan fingerprint density at radius 1 is 1.04 bits per heavy atom. The first kappa shape index (κ1) is 20.3.